The van der Waals surface area contributed by atoms with Crippen LogP contribution in [0.15, 0.2) is 0 Å². The van der Waals surface area contributed by atoms with Crippen molar-refractivity contribution in [2.45, 2.75) is 19.4 Å². The molecule has 2 aliphatic heterocycles. The van der Waals surface area contributed by atoms with Gasteiger partial charge in [0.15, 0.2) is 0 Å². The Bertz CT molecular complexity index is 427. The first-order chi connectivity index (χ1) is 9.48. The Labute approximate surface area is 119 Å². The van der Waals surface area contributed by atoms with Gasteiger partial charge < -0.3 is 14.4 Å². The molecule has 2 heterocycles. The molecule has 2 unspecified atom stereocenters. The fourth-order valence-corrected chi connectivity index (χ4v) is 4.07. The van der Waals surface area contributed by atoms with Crippen LogP contribution in [0.3, 0.4) is 0 Å². The van der Waals surface area contributed by atoms with Crippen LogP contribution in [0, 0.1) is 5.92 Å². The molecule has 2 atom stereocenters. The topological polar surface area (TPSA) is 84.9 Å². The minimum absolute atomic E-state index is 0.0216. The van der Waals surface area contributed by atoms with Crippen LogP contribution < -0.4 is 4.72 Å². The molecule has 0 spiro atoms. The molecule has 0 aromatic heterocycles. The molecule has 2 aliphatic rings. The second-order valence-electron chi connectivity index (χ2n) is 5.29. The lowest BCUT2D eigenvalue weighted by molar-refractivity contribution is -0.136. The molecule has 0 radical (unpaired) electrons. The van der Waals surface area contributed by atoms with Crippen molar-refractivity contribution in [1.29, 1.82) is 0 Å². The van der Waals surface area contributed by atoms with Gasteiger partial charge in [0.1, 0.15) is 0 Å². The summed E-state index contributed by atoms with van der Waals surface area (Å²) >= 11 is 0. The Hall–Kier alpha value is -0.700. The highest BCUT2D eigenvalue weighted by atomic mass is 32.2. The van der Waals surface area contributed by atoms with E-state index in [1.54, 1.807) is 11.8 Å². The van der Waals surface area contributed by atoms with Crippen molar-refractivity contribution in [1.82, 2.24) is 9.62 Å². The number of amides is 1. The van der Waals surface area contributed by atoms with Crippen molar-refractivity contribution < 1.29 is 22.7 Å². The molecule has 20 heavy (non-hydrogen) atoms. The largest absolute Gasteiger partial charge is 0.381 e. The second kappa shape index (κ2) is 6.84. The van der Waals surface area contributed by atoms with E-state index < -0.39 is 16.1 Å². The Balaban J connectivity index is 1.85. The van der Waals surface area contributed by atoms with Gasteiger partial charge in [-0.2, -0.15) is 0 Å². The SMILES string of the molecule is CC(NS(=O)(=O)CC1CCOC1)C(=O)N1CCOCC1. The Kier molecular flexibility index (Phi) is 5.36. The molecule has 0 saturated carbocycles. The summed E-state index contributed by atoms with van der Waals surface area (Å²) < 4.78 is 36.9. The quantitative estimate of drug-likeness (QED) is 0.718. The molecule has 1 amide bonds. The van der Waals surface area contributed by atoms with Gasteiger partial charge in [0.05, 0.1) is 31.6 Å². The first-order valence-corrected chi connectivity index (χ1v) is 8.57. The molecule has 0 bridgehead atoms. The van der Waals surface area contributed by atoms with E-state index in [0.29, 0.717) is 39.5 Å². The summed E-state index contributed by atoms with van der Waals surface area (Å²) in [7, 11) is -3.46. The second-order valence-corrected chi connectivity index (χ2v) is 7.09. The first-order valence-electron chi connectivity index (χ1n) is 6.92. The number of rotatable bonds is 5. The van der Waals surface area contributed by atoms with E-state index in [0.717, 1.165) is 6.42 Å². The number of morpholine rings is 1. The zero-order chi connectivity index (χ0) is 14.6. The lowest BCUT2D eigenvalue weighted by atomic mass is 10.2. The number of hydrogen-bond donors (Lipinski definition) is 1. The standard InChI is InChI=1S/C12H22N2O5S/c1-10(12(15)14-3-6-18-7-4-14)13-20(16,17)9-11-2-5-19-8-11/h10-11,13H,2-9H2,1H3. The van der Waals surface area contributed by atoms with Crippen LogP contribution in [0.5, 0.6) is 0 Å². The van der Waals surface area contributed by atoms with E-state index in [9.17, 15) is 13.2 Å². The number of carbonyl (C=O) groups excluding carboxylic acids is 1. The van der Waals surface area contributed by atoms with Gasteiger partial charge in [0.25, 0.3) is 0 Å². The molecular weight excluding hydrogens is 284 g/mol. The Morgan fingerprint density at radius 1 is 1.30 bits per heavy atom. The number of carbonyl (C=O) groups is 1. The molecule has 8 heteroatoms. The Morgan fingerprint density at radius 3 is 2.60 bits per heavy atom. The highest BCUT2D eigenvalue weighted by Crippen LogP contribution is 2.14. The maximum Gasteiger partial charge on any atom is 0.240 e. The van der Waals surface area contributed by atoms with Crippen LogP contribution in [-0.2, 0) is 24.3 Å². The van der Waals surface area contributed by atoms with Gasteiger partial charge in [-0.15, -0.1) is 0 Å². The molecule has 7 nitrogen and oxygen atoms in total. The lowest BCUT2D eigenvalue weighted by Gasteiger charge is -2.29. The molecule has 2 saturated heterocycles. The summed E-state index contributed by atoms with van der Waals surface area (Å²) in [5, 5.41) is 0. The molecular formula is C12H22N2O5S. The van der Waals surface area contributed by atoms with E-state index in [1.807, 2.05) is 0 Å². The average molecular weight is 306 g/mol. The molecule has 0 aromatic carbocycles. The maximum atomic E-state index is 12.1. The van der Waals surface area contributed by atoms with Crippen LogP contribution in [0.4, 0.5) is 0 Å². The van der Waals surface area contributed by atoms with Crippen LogP contribution >= 0.6 is 0 Å². The Morgan fingerprint density at radius 2 is 2.00 bits per heavy atom. The minimum Gasteiger partial charge on any atom is -0.381 e. The van der Waals surface area contributed by atoms with Gasteiger partial charge in [0, 0.05) is 19.7 Å². The van der Waals surface area contributed by atoms with Crippen molar-refractivity contribution in [2.24, 2.45) is 5.92 Å². The summed E-state index contributed by atoms with van der Waals surface area (Å²) in [5.41, 5.74) is 0. The summed E-state index contributed by atoms with van der Waals surface area (Å²) in [6.45, 7) is 4.72. The van der Waals surface area contributed by atoms with Crippen LogP contribution in [0.2, 0.25) is 0 Å². The molecule has 2 fully saturated rings. The average Bonchev–Trinajstić information content (AvgIpc) is 2.90. The van der Waals surface area contributed by atoms with Gasteiger partial charge in [-0.05, 0) is 19.3 Å². The van der Waals surface area contributed by atoms with Gasteiger partial charge in [-0.1, -0.05) is 0 Å². The van der Waals surface area contributed by atoms with Crippen LogP contribution in [-0.4, -0.2) is 70.5 Å². The number of sulfonamides is 1. The number of hydrogen-bond acceptors (Lipinski definition) is 5. The van der Waals surface area contributed by atoms with Gasteiger partial charge in [0.2, 0.25) is 15.9 Å². The highest BCUT2D eigenvalue weighted by Gasteiger charge is 2.28. The summed E-state index contributed by atoms with van der Waals surface area (Å²) in [5.74, 6) is -0.147. The maximum absolute atomic E-state index is 12.1. The van der Waals surface area contributed by atoms with Crippen molar-refractivity contribution in [2.75, 3.05) is 45.3 Å². The molecule has 2 rings (SSSR count). The van der Waals surface area contributed by atoms with E-state index in [-0.39, 0.29) is 17.6 Å². The van der Waals surface area contributed by atoms with Crippen molar-refractivity contribution >= 4 is 15.9 Å². The van der Waals surface area contributed by atoms with E-state index >= 15 is 0 Å². The monoisotopic (exact) mass is 306 g/mol. The van der Waals surface area contributed by atoms with E-state index in [2.05, 4.69) is 4.72 Å². The number of nitrogens with zero attached hydrogens (tertiary/aromatic N) is 1. The fourth-order valence-electron chi connectivity index (χ4n) is 2.45. The smallest absolute Gasteiger partial charge is 0.240 e. The molecule has 0 aliphatic carbocycles. The predicted molar refractivity (Wildman–Crippen MR) is 72.7 cm³/mol. The molecule has 1 N–H and O–H groups in total. The number of nitrogens with one attached hydrogen (secondary N) is 1. The zero-order valence-electron chi connectivity index (χ0n) is 11.7. The summed E-state index contributed by atoms with van der Waals surface area (Å²) in [6.07, 6.45) is 0.757. The van der Waals surface area contributed by atoms with Crippen molar-refractivity contribution in [3.05, 3.63) is 0 Å². The predicted octanol–water partition coefficient (Wildman–Crippen LogP) is -0.810. The van der Waals surface area contributed by atoms with Crippen molar-refractivity contribution in [3.63, 3.8) is 0 Å². The third kappa shape index (κ3) is 4.41. The lowest BCUT2D eigenvalue weighted by Crippen LogP contribution is -2.51. The fraction of sp³-hybridized carbons (Fsp3) is 0.917. The molecule has 0 aromatic rings. The first kappa shape index (κ1) is 15.7. The zero-order valence-corrected chi connectivity index (χ0v) is 12.5. The van der Waals surface area contributed by atoms with Gasteiger partial charge in [-0.25, -0.2) is 13.1 Å². The summed E-state index contributed by atoms with van der Waals surface area (Å²) in [6, 6.07) is -0.736. The van der Waals surface area contributed by atoms with Gasteiger partial charge in [-0.3, -0.25) is 4.79 Å². The van der Waals surface area contributed by atoms with Gasteiger partial charge >= 0.3 is 0 Å². The minimum atomic E-state index is -3.46. The summed E-state index contributed by atoms with van der Waals surface area (Å²) in [4.78, 5) is 13.8. The van der Waals surface area contributed by atoms with E-state index in [1.165, 1.54) is 0 Å². The van der Waals surface area contributed by atoms with Crippen LogP contribution in [0.1, 0.15) is 13.3 Å². The normalized spacial score (nSPS) is 25.6. The number of ether oxygens (including phenoxy) is 2. The molecule has 116 valence electrons. The van der Waals surface area contributed by atoms with Crippen LogP contribution in [0.25, 0.3) is 0 Å². The third-order valence-corrected chi connectivity index (χ3v) is 5.15. The van der Waals surface area contributed by atoms with E-state index in [4.69, 9.17) is 9.47 Å². The highest BCUT2D eigenvalue weighted by molar-refractivity contribution is 7.89. The van der Waals surface area contributed by atoms with Crippen molar-refractivity contribution in [3.8, 4) is 0 Å². The third-order valence-electron chi connectivity index (χ3n) is 3.53.